The van der Waals surface area contributed by atoms with Crippen LogP contribution in [0.3, 0.4) is 0 Å². The molecule has 0 radical (unpaired) electrons. The first kappa shape index (κ1) is 18.3. The summed E-state index contributed by atoms with van der Waals surface area (Å²) in [5.41, 5.74) is 0. The fourth-order valence-corrected chi connectivity index (χ4v) is 1.98. The van der Waals surface area contributed by atoms with E-state index in [0.717, 1.165) is 0 Å². The van der Waals surface area contributed by atoms with E-state index in [2.05, 4.69) is 34.9 Å². The number of hydrogen-bond donors (Lipinski definition) is 0. The molecule has 0 bridgehead atoms. The number of halogens is 2. The summed E-state index contributed by atoms with van der Waals surface area (Å²) in [5.74, 6) is 0. The minimum Gasteiger partial charge on any atom is -0.309 e. The molecule has 15 heavy (non-hydrogen) atoms. The third kappa shape index (κ3) is 17.5. The largest absolute Gasteiger partial charge is 0.309 e. The van der Waals surface area contributed by atoms with Gasteiger partial charge in [-0.1, -0.05) is 54.5 Å². The zero-order valence-corrected chi connectivity index (χ0v) is 13.6. The minimum absolute atomic E-state index is 0. The van der Waals surface area contributed by atoms with E-state index in [1.807, 2.05) is 0 Å². The molecule has 0 atom stereocenters. The highest BCUT2D eigenvalue weighted by Gasteiger charge is 1.93. The second-order valence-corrected chi connectivity index (χ2v) is 5.11. The molecule has 0 saturated carbocycles. The molecule has 0 N–H and O–H groups in total. The van der Waals surface area contributed by atoms with E-state index in [4.69, 9.17) is 0 Å². The maximum absolute atomic E-state index is 3.46. The first-order valence-corrected chi connectivity index (χ1v) is 7.10. The molecule has 0 aliphatic heterocycles. The maximum atomic E-state index is 3.46. The highest BCUT2D eigenvalue weighted by molar-refractivity contribution is 9.09. The molecule has 0 aromatic rings. The highest BCUT2D eigenvalue weighted by atomic mass is 79.9. The van der Waals surface area contributed by atoms with Crippen LogP contribution in [0.1, 0.15) is 51.4 Å². The molecule has 0 rings (SSSR count). The van der Waals surface area contributed by atoms with Crippen LogP contribution >= 0.6 is 32.9 Å². The van der Waals surface area contributed by atoms with Crippen molar-refractivity contribution in [3.63, 3.8) is 0 Å². The first-order chi connectivity index (χ1) is 6.77. The summed E-state index contributed by atoms with van der Waals surface area (Å²) in [6.07, 6.45) is 11.3. The molecule has 0 unspecified atom stereocenters. The van der Waals surface area contributed by atoms with Crippen LogP contribution in [0.25, 0.3) is 0 Å². The van der Waals surface area contributed by atoms with E-state index in [9.17, 15) is 0 Å². The van der Waals surface area contributed by atoms with Gasteiger partial charge in [0.05, 0.1) is 0 Å². The summed E-state index contributed by atoms with van der Waals surface area (Å²) in [7, 11) is 4.31. The van der Waals surface area contributed by atoms with Gasteiger partial charge in [-0.2, -0.15) is 0 Å². The van der Waals surface area contributed by atoms with Crippen molar-refractivity contribution in [2.75, 3.05) is 26.0 Å². The lowest BCUT2D eigenvalue weighted by atomic mass is 10.1. The number of rotatable bonds is 10. The lowest BCUT2D eigenvalue weighted by Crippen LogP contribution is -2.12. The zero-order chi connectivity index (χ0) is 10.6. The van der Waals surface area contributed by atoms with E-state index in [0.29, 0.717) is 0 Å². The third-order valence-electron chi connectivity index (χ3n) is 2.49. The molecule has 0 amide bonds. The molecule has 3 heteroatoms. The van der Waals surface area contributed by atoms with Gasteiger partial charge in [-0.25, -0.2) is 0 Å². The molecule has 0 aliphatic rings. The van der Waals surface area contributed by atoms with Crippen LogP contribution in [0, 0.1) is 0 Å². The Bertz CT molecular complexity index is 108. The van der Waals surface area contributed by atoms with E-state index in [1.54, 1.807) is 0 Å². The topological polar surface area (TPSA) is 3.24 Å². The third-order valence-corrected chi connectivity index (χ3v) is 3.05. The molecule has 1 nitrogen and oxygen atoms in total. The molecule has 0 aromatic heterocycles. The van der Waals surface area contributed by atoms with Crippen molar-refractivity contribution in [3.8, 4) is 0 Å². The number of unbranched alkanes of at least 4 members (excludes halogenated alkanes) is 7. The predicted molar refractivity (Wildman–Crippen MR) is 79.6 cm³/mol. The Morgan fingerprint density at radius 1 is 0.733 bits per heavy atom. The number of alkyl halides is 1. The van der Waals surface area contributed by atoms with Crippen LogP contribution in [-0.4, -0.2) is 30.9 Å². The van der Waals surface area contributed by atoms with Gasteiger partial charge in [-0.15, -0.1) is 17.0 Å². The smallest absolute Gasteiger partial charge is 0.00313 e. The Kier molecular flexibility index (Phi) is 18.2. The van der Waals surface area contributed by atoms with Gasteiger partial charge in [0.15, 0.2) is 0 Å². The van der Waals surface area contributed by atoms with E-state index in [-0.39, 0.29) is 17.0 Å². The standard InChI is InChI=1S/C12H26BrN.BrH/c1-14(2)12-10-8-6-4-3-5-7-9-11-13;/h3-12H2,1-2H3;1H. The average Bonchev–Trinajstić information content (AvgIpc) is 2.15. The van der Waals surface area contributed by atoms with Crippen LogP contribution < -0.4 is 0 Å². The number of hydrogen-bond acceptors (Lipinski definition) is 1. The molecule has 0 saturated heterocycles. The molecule has 94 valence electrons. The average molecular weight is 345 g/mol. The Balaban J connectivity index is 0. The highest BCUT2D eigenvalue weighted by Crippen LogP contribution is 2.09. The summed E-state index contributed by atoms with van der Waals surface area (Å²) in [5, 5.41) is 1.18. The lowest BCUT2D eigenvalue weighted by molar-refractivity contribution is 0.389. The molecule has 0 fully saturated rings. The molecular formula is C12H27Br2N. The fraction of sp³-hybridized carbons (Fsp3) is 1.00. The monoisotopic (exact) mass is 343 g/mol. The lowest BCUT2D eigenvalue weighted by Gasteiger charge is -2.08. The Labute approximate surface area is 115 Å². The van der Waals surface area contributed by atoms with Gasteiger partial charge in [-0.05, 0) is 33.5 Å². The van der Waals surface area contributed by atoms with Gasteiger partial charge in [0.2, 0.25) is 0 Å². The van der Waals surface area contributed by atoms with Crippen LogP contribution in [-0.2, 0) is 0 Å². The van der Waals surface area contributed by atoms with Crippen molar-refractivity contribution in [2.24, 2.45) is 0 Å². The first-order valence-electron chi connectivity index (χ1n) is 5.98. The van der Waals surface area contributed by atoms with Crippen molar-refractivity contribution in [2.45, 2.75) is 51.4 Å². The molecule has 0 spiro atoms. The summed E-state index contributed by atoms with van der Waals surface area (Å²) < 4.78 is 0. The number of nitrogens with zero attached hydrogens (tertiary/aromatic N) is 1. The minimum atomic E-state index is 0. The van der Waals surface area contributed by atoms with Gasteiger partial charge < -0.3 is 4.90 Å². The zero-order valence-electron chi connectivity index (χ0n) is 10.3. The summed E-state index contributed by atoms with van der Waals surface area (Å²) >= 11 is 3.46. The molecule has 0 aliphatic carbocycles. The van der Waals surface area contributed by atoms with Gasteiger partial charge in [0.25, 0.3) is 0 Å². The van der Waals surface area contributed by atoms with Gasteiger partial charge in [0.1, 0.15) is 0 Å². The fourth-order valence-electron chi connectivity index (χ4n) is 1.58. The Hall–Kier alpha value is 0.920. The maximum Gasteiger partial charge on any atom is 0.00313 e. The summed E-state index contributed by atoms with van der Waals surface area (Å²) in [6.45, 7) is 1.25. The van der Waals surface area contributed by atoms with Crippen molar-refractivity contribution in [1.29, 1.82) is 0 Å². The van der Waals surface area contributed by atoms with Crippen LogP contribution in [0.2, 0.25) is 0 Å². The van der Waals surface area contributed by atoms with Crippen LogP contribution in [0.15, 0.2) is 0 Å². The second-order valence-electron chi connectivity index (χ2n) is 4.32. The Morgan fingerprint density at radius 3 is 1.53 bits per heavy atom. The van der Waals surface area contributed by atoms with Crippen LogP contribution in [0.4, 0.5) is 0 Å². The molecular weight excluding hydrogens is 318 g/mol. The SMILES string of the molecule is Br.CN(C)CCCCCCCCCCBr. The van der Waals surface area contributed by atoms with Crippen molar-refractivity contribution in [1.82, 2.24) is 4.90 Å². The normalized spacial score (nSPS) is 10.4. The molecule has 0 heterocycles. The van der Waals surface area contributed by atoms with Crippen LogP contribution in [0.5, 0.6) is 0 Å². The van der Waals surface area contributed by atoms with E-state index < -0.39 is 0 Å². The van der Waals surface area contributed by atoms with E-state index in [1.165, 1.54) is 63.2 Å². The second kappa shape index (κ2) is 14.9. The van der Waals surface area contributed by atoms with Gasteiger partial charge in [-0.3, -0.25) is 0 Å². The summed E-state index contributed by atoms with van der Waals surface area (Å²) in [4.78, 5) is 2.27. The van der Waals surface area contributed by atoms with Gasteiger partial charge in [0, 0.05) is 5.33 Å². The summed E-state index contributed by atoms with van der Waals surface area (Å²) in [6, 6.07) is 0. The van der Waals surface area contributed by atoms with Crippen molar-refractivity contribution < 1.29 is 0 Å². The van der Waals surface area contributed by atoms with Gasteiger partial charge >= 0.3 is 0 Å². The predicted octanol–water partition coefficient (Wildman–Crippen LogP) is 4.64. The van der Waals surface area contributed by atoms with Crippen molar-refractivity contribution in [3.05, 3.63) is 0 Å². The van der Waals surface area contributed by atoms with Crippen molar-refractivity contribution >= 4 is 32.9 Å². The molecule has 0 aromatic carbocycles. The van der Waals surface area contributed by atoms with E-state index >= 15 is 0 Å². The quantitative estimate of drug-likeness (QED) is 0.412. The Morgan fingerprint density at radius 2 is 1.13 bits per heavy atom.